The van der Waals surface area contributed by atoms with Crippen molar-refractivity contribution < 1.29 is 24.0 Å². The van der Waals surface area contributed by atoms with E-state index in [-0.39, 0.29) is 31.7 Å². The smallest absolute Gasteiger partial charge is 0.247 e. The van der Waals surface area contributed by atoms with Gasteiger partial charge in [0, 0.05) is 31.4 Å². The highest BCUT2D eigenvalue weighted by atomic mass is 16.2. The van der Waals surface area contributed by atoms with E-state index < -0.39 is 53.2 Å². The lowest BCUT2D eigenvalue weighted by Crippen LogP contribution is -2.63. The van der Waals surface area contributed by atoms with Crippen molar-refractivity contribution in [1.82, 2.24) is 36.6 Å². The van der Waals surface area contributed by atoms with Crippen molar-refractivity contribution in [3.05, 3.63) is 48.3 Å². The summed E-state index contributed by atoms with van der Waals surface area (Å²) in [4.78, 5) is 73.5. The molecule has 0 bridgehead atoms. The van der Waals surface area contributed by atoms with Crippen LogP contribution in [0.1, 0.15) is 65.0 Å². The van der Waals surface area contributed by atoms with E-state index in [1.807, 2.05) is 0 Å². The van der Waals surface area contributed by atoms with E-state index in [1.165, 1.54) is 0 Å². The summed E-state index contributed by atoms with van der Waals surface area (Å²) in [5, 5.41) is 17.0. The van der Waals surface area contributed by atoms with E-state index in [0.717, 1.165) is 0 Å². The Morgan fingerprint density at radius 3 is 2.38 bits per heavy atom. The van der Waals surface area contributed by atoms with Crippen molar-refractivity contribution in [3.8, 4) is 0 Å². The van der Waals surface area contributed by atoms with Gasteiger partial charge >= 0.3 is 0 Å². The number of nitrogens with zero attached hydrogens (tertiary/aromatic N) is 1. The molecule has 3 rings (SSSR count). The topological polar surface area (TPSA) is 186 Å². The Balaban J connectivity index is 1.89. The molecule has 13 heteroatoms. The predicted molar refractivity (Wildman–Crippen MR) is 157 cm³/mol. The fourth-order valence-corrected chi connectivity index (χ4v) is 4.46. The lowest BCUT2D eigenvalue weighted by atomic mass is 9.94. The number of anilines is 1. The molecule has 1 fully saturated rings. The van der Waals surface area contributed by atoms with Crippen LogP contribution in [0.2, 0.25) is 0 Å². The molecule has 0 unspecified atom stereocenters. The molecule has 13 nitrogen and oxygen atoms in total. The molecule has 2 heterocycles. The highest BCUT2D eigenvalue weighted by Crippen LogP contribution is 2.17. The highest BCUT2D eigenvalue weighted by Gasteiger charge is 2.38. The lowest BCUT2D eigenvalue weighted by molar-refractivity contribution is -0.138. The molecule has 0 aliphatic carbocycles. The minimum absolute atomic E-state index is 0.0292. The van der Waals surface area contributed by atoms with Gasteiger partial charge in [-0.2, -0.15) is 0 Å². The van der Waals surface area contributed by atoms with E-state index in [2.05, 4.69) is 41.9 Å². The number of rotatable bonds is 9. The zero-order chi connectivity index (χ0) is 30.7. The molecule has 4 atom stereocenters. The Morgan fingerprint density at radius 1 is 1.02 bits per heavy atom. The number of imidazole rings is 1. The maximum Gasteiger partial charge on any atom is 0.247 e. The number of H-pyrrole nitrogens is 1. The number of aromatic amines is 1. The summed E-state index contributed by atoms with van der Waals surface area (Å²) in [6.45, 7) is 7.23. The number of amides is 5. The first-order valence-electron chi connectivity index (χ1n) is 14.3. The molecule has 1 aliphatic heterocycles. The average Bonchev–Trinajstić information content (AvgIpc) is 3.49. The molecule has 228 valence electrons. The van der Waals surface area contributed by atoms with Crippen LogP contribution in [0.4, 0.5) is 5.95 Å². The third-order valence-electron chi connectivity index (χ3n) is 7.15. The Bertz CT molecular complexity index is 1220. The van der Waals surface area contributed by atoms with Crippen LogP contribution < -0.4 is 31.9 Å². The molecule has 0 saturated carbocycles. The van der Waals surface area contributed by atoms with Crippen LogP contribution in [0.25, 0.3) is 0 Å². The van der Waals surface area contributed by atoms with Crippen LogP contribution >= 0.6 is 0 Å². The van der Waals surface area contributed by atoms with Gasteiger partial charge in [0.05, 0.1) is 0 Å². The first-order chi connectivity index (χ1) is 20.0. The number of carbonyl (C=O) groups excluding carboxylic acids is 5. The van der Waals surface area contributed by atoms with E-state index in [4.69, 9.17) is 0 Å². The summed E-state index contributed by atoms with van der Waals surface area (Å²) in [5.41, 5.74) is -0.869. The number of carbonyl (C=O) groups is 5. The van der Waals surface area contributed by atoms with Crippen molar-refractivity contribution in [1.29, 1.82) is 0 Å². The molecule has 1 aromatic carbocycles. The Morgan fingerprint density at radius 2 is 1.74 bits per heavy atom. The van der Waals surface area contributed by atoms with Crippen molar-refractivity contribution >= 4 is 35.5 Å². The second-order valence-corrected chi connectivity index (χ2v) is 10.9. The highest BCUT2D eigenvalue weighted by molar-refractivity contribution is 5.97. The summed E-state index contributed by atoms with van der Waals surface area (Å²) in [5.74, 6) is -2.27. The van der Waals surface area contributed by atoms with Gasteiger partial charge < -0.3 is 36.9 Å². The number of aromatic nitrogens is 2. The van der Waals surface area contributed by atoms with Gasteiger partial charge in [-0.25, -0.2) is 4.98 Å². The lowest BCUT2D eigenvalue weighted by Gasteiger charge is -2.33. The van der Waals surface area contributed by atoms with Crippen LogP contribution in [-0.2, 0) is 24.0 Å². The summed E-state index contributed by atoms with van der Waals surface area (Å²) >= 11 is 0. The molecule has 1 aromatic heterocycles. The van der Waals surface area contributed by atoms with Gasteiger partial charge in [0.1, 0.15) is 23.7 Å². The number of benzene rings is 1. The fourth-order valence-electron chi connectivity index (χ4n) is 4.46. The van der Waals surface area contributed by atoms with Crippen LogP contribution in [0, 0.1) is 5.92 Å². The number of hydrogen-bond acceptors (Lipinski definition) is 7. The molecule has 5 amide bonds. The standard InChI is InChI=1S/C29H42N8O5/c1-5-20-24(39)36-22(19-10-7-6-8-11-19)26(41)30-15-13-29(4,37-23(38)18(2)3)27(42)35-21(25(40)34-20)12-9-14-31-28-32-16-17-33-28/h6-8,10-11,16-18,20-22H,5,9,12-15H2,1-4H3,(H,30,41)(H,34,40)(H,35,42)(H,36,39)(H,37,38)(H2,31,32,33)/t20-,21-,22+,29+/m0/s1. The fraction of sp³-hybridized carbons (Fsp3) is 0.517. The van der Waals surface area contributed by atoms with Crippen molar-refractivity contribution in [2.45, 2.75) is 77.0 Å². The molecule has 0 radical (unpaired) electrons. The van der Waals surface area contributed by atoms with Crippen molar-refractivity contribution in [2.75, 3.05) is 18.4 Å². The van der Waals surface area contributed by atoms with Crippen LogP contribution in [0.5, 0.6) is 0 Å². The molecule has 1 aliphatic rings. The van der Waals surface area contributed by atoms with Crippen LogP contribution in [-0.4, -0.2) is 70.2 Å². The largest absolute Gasteiger partial charge is 0.356 e. The molecule has 7 N–H and O–H groups in total. The summed E-state index contributed by atoms with van der Waals surface area (Å²) in [6.07, 6.45) is 4.33. The van der Waals surface area contributed by atoms with Gasteiger partial charge in [0.25, 0.3) is 0 Å². The zero-order valence-corrected chi connectivity index (χ0v) is 24.6. The van der Waals surface area contributed by atoms with Crippen LogP contribution in [0.15, 0.2) is 42.7 Å². The molecule has 42 heavy (non-hydrogen) atoms. The minimum atomic E-state index is -1.43. The number of nitrogens with one attached hydrogen (secondary N) is 7. The quantitative estimate of drug-likeness (QED) is 0.214. The third-order valence-corrected chi connectivity index (χ3v) is 7.15. The molecule has 2 aromatic rings. The Labute approximate surface area is 245 Å². The normalized spacial score (nSPS) is 24.1. The van der Waals surface area contributed by atoms with E-state index in [1.54, 1.807) is 70.4 Å². The van der Waals surface area contributed by atoms with Gasteiger partial charge in [-0.3, -0.25) is 24.0 Å². The SMILES string of the molecule is CC[C@@H]1NC(=O)[C@H](CCCNc2ncc[nH]2)NC(=O)[C@](C)(NC(=O)C(C)C)CCNC(=O)[C@@H](c2ccccc2)NC1=O. The summed E-state index contributed by atoms with van der Waals surface area (Å²) < 4.78 is 0. The predicted octanol–water partition coefficient (Wildman–Crippen LogP) is 0.890. The Hall–Kier alpha value is -4.42. The molecule has 1 saturated heterocycles. The van der Waals surface area contributed by atoms with Crippen molar-refractivity contribution in [2.24, 2.45) is 5.92 Å². The van der Waals surface area contributed by atoms with Crippen LogP contribution in [0.3, 0.4) is 0 Å². The first kappa shape index (κ1) is 32.1. The second kappa shape index (κ2) is 15.0. The first-order valence-corrected chi connectivity index (χ1v) is 14.3. The monoisotopic (exact) mass is 582 g/mol. The van der Waals surface area contributed by atoms with Gasteiger partial charge in [-0.15, -0.1) is 0 Å². The van der Waals surface area contributed by atoms with Gasteiger partial charge in [-0.1, -0.05) is 51.1 Å². The van der Waals surface area contributed by atoms with Gasteiger partial charge in [0.15, 0.2) is 5.95 Å². The average molecular weight is 583 g/mol. The molecule has 0 spiro atoms. The van der Waals surface area contributed by atoms with Gasteiger partial charge in [0.2, 0.25) is 29.5 Å². The minimum Gasteiger partial charge on any atom is -0.356 e. The summed E-state index contributed by atoms with van der Waals surface area (Å²) in [7, 11) is 0. The van der Waals surface area contributed by atoms with E-state index in [9.17, 15) is 24.0 Å². The van der Waals surface area contributed by atoms with Crippen molar-refractivity contribution in [3.63, 3.8) is 0 Å². The van der Waals surface area contributed by atoms with Gasteiger partial charge in [-0.05, 0) is 38.2 Å². The van der Waals surface area contributed by atoms with E-state index >= 15 is 0 Å². The second-order valence-electron chi connectivity index (χ2n) is 10.9. The number of hydrogen-bond donors (Lipinski definition) is 7. The third kappa shape index (κ3) is 8.79. The van der Waals surface area contributed by atoms with E-state index in [0.29, 0.717) is 24.5 Å². The zero-order valence-electron chi connectivity index (χ0n) is 24.6. The maximum atomic E-state index is 13.7. The summed E-state index contributed by atoms with van der Waals surface area (Å²) in [6, 6.07) is 5.79. The molecular formula is C29H42N8O5. The molecular weight excluding hydrogens is 540 g/mol. The maximum absolute atomic E-state index is 13.7. The Kier molecular flexibility index (Phi) is 11.5.